The Morgan fingerprint density at radius 1 is 1.42 bits per heavy atom. The number of thioether (sulfide) groups is 1. The Morgan fingerprint density at radius 3 is 2.68 bits per heavy atom. The maximum Gasteiger partial charge on any atom is 0.204 e. The Kier molecular flexibility index (Phi) is 6.77. The molecule has 0 bridgehead atoms. The molecule has 0 spiro atoms. The van der Waals surface area contributed by atoms with Gasteiger partial charge in [-0.2, -0.15) is 11.8 Å². The van der Waals surface area contributed by atoms with Crippen molar-refractivity contribution in [2.45, 2.75) is 26.3 Å². The highest BCUT2D eigenvalue weighted by Gasteiger charge is 2.20. The average Bonchev–Trinajstić information content (AvgIpc) is 2.44. The molecule has 1 unspecified atom stereocenters. The van der Waals surface area contributed by atoms with E-state index in [-0.39, 0.29) is 0 Å². The van der Waals surface area contributed by atoms with Crippen LogP contribution in [0.15, 0.2) is 6.33 Å². The molecule has 0 amide bonds. The van der Waals surface area contributed by atoms with E-state index in [1.54, 1.807) is 13.4 Å². The molecule has 0 aliphatic heterocycles. The van der Waals surface area contributed by atoms with Gasteiger partial charge in [0.2, 0.25) is 5.75 Å². The van der Waals surface area contributed by atoms with Crippen LogP contribution in [0.3, 0.4) is 0 Å². The topological polar surface area (TPSA) is 50.3 Å². The highest BCUT2D eigenvalue weighted by Crippen LogP contribution is 2.32. The molecule has 1 heterocycles. The van der Waals surface area contributed by atoms with Gasteiger partial charge in [-0.15, -0.1) is 0 Å². The molecule has 0 aliphatic carbocycles. The van der Waals surface area contributed by atoms with Crippen LogP contribution in [0.25, 0.3) is 0 Å². The second kappa shape index (κ2) is 8.09. The summed E-state index contributed by atoms with van der Waals surface area (Å²) in [5.41, 5.74) is 0. The van der Waals surface area contributed by atoms with Crippen LogP contribution >= 0.6 is 11.8 Å². The molecule has 5 nitrogen and oxygen atoms in total. The van der Waals surface area contributed by atoms with E-state index in [1.807, 2.05) is 18.7 Å². The molecule has 0 saturated carbocycles. The standard InChI is InChI=1S/C13H24N4OS/c1-6-10(8-19-5)17(3)13-11(18-4)12(14-7-2)15-9-16-13/h9-10H,6-8H2,1-5H3,(H,14,15,16). The zero-order chi connectivity index (χ0) is 14.3. The molecule has 0 saturated heterocycles. The lowest BCUT2D eigenvalue weighted by Gasteiger charge is -2.29. The number of nitrogens with zero attached hydrogens (tertiary/aromatic N) is 3. The Balaban J connectivity index is 3.07. The Hall–Kier alpha value is -1.17. The fourth-order valence-electron chi connectivity index (χ4n) is 1.97. The first-order chi connectivity index (χ1) is 9.19. The molecule has 1 atom stereocenters. The second-order valence-electron chi connectivity index (χ2n) is 4.24. The van der Waals surface area contributed by atoms with Crippen molar-refractivity contribution in [1.82, 2.24) is 9.97 Å². The molecule has 1 aromatic rings. The minimum absolute atomic E-state index is 0.438. The maximum atomic E-state index is 5.49. The number of hydrogen-bond donors (Lipinski definition) is 1. The van der Waals surface area contributed by atoms with Gasteiger partial charge in [-0.3, -0.25) is 0 Å². The third-order valence-corrected chi connectivity index (χ3v) is 3.76. The van der Waals surface area contributed by atoms with Gasteiger partial charge < -0.3 is 15.0 Å². The Morgan fingerprint density at radius 2 is 2.16 bits per heavy atom. The number of rotatable bonds is 8. The van der Waals surface area contributed by atoms with Gasteiger partial charge in [0.25, 0.3) is 0 Å². The number of methoxy groups -OCH3 is 1. The van der Waals surface area contributed by atoms with Gasteiger partial charge in [0, 0.05) is 25.4 Å². The Bertz CT molecular complexity index is 389. The third kappa shape index (κ3) is 3.89. The highest BCUT2D eigenvalue weighted by molar-refractivity contribution is 7.98. The zero-order valence-corrected chi connectivity index (χ0v) is 13.3. The molecule has 0 fully saturated rings. The zero-order valence-electron chi connectivity index (χ0n) is 12.4. The van der Waals surface area contributed by atoms with Crippen molar-refractivity contribution in [3.8, 4) is 5.75 Å². The largest absolute Gasteiger partial charge is 0.490 e. The molecule has 1 aromatic heterocycles. The first kappa shape index (κ1) is 15.9. The number of ether oxygens (including phenoxy) is 1. The summed E-state index contributed by atoms with van der Waals surface area (Å²) >= 11 is 1.84. The van der Waals surface area contributed by atoms with Gasteiger partial charge in [0.05, 0.1) is 7.11 Å². The van der Waals surface area contributed by atoms with E-state index >= 15 is 0 Å². The number of hydrogen-bond acceptors (Lipinski definition) is 6. The van der Waals surface area contributed by atoms with Crippen molar-refractivity contribution in [2.75, 3.05) is 42.9 Å². The van der Waals surface area contributed by atoms with E-state index in [0.717, 1.165) is 30.4 Å². The predicted molar refractivity (Wildman–Crippen MR) is 83.6 cm³/mol. The van der Waals surface area contributed by atoms with Crippen molar-refractivity contribution >= 4 is 23.4 Å². The average molecular weight is 284 g/mol. The molecule has 6 heteroatoms. The normalized spacial score (nSPS) is 12.1. The van der Waals surface area contributed by atoms with Crippen molar-refractivity contribution in [2.24, 2.45) is 0 Å². The van der Waals surface area contributed by atoms with Crippen LogP contribution in [0.2, 0.25) is 0 Å². The van der Waals surface area contributed by atoms with Crippen LogP contribution < -0.4 is 15.0 Å². The van der Waals surface area contributed by atoms with Crippen molar-refractivity contribution in [3.63, 3.8) is 0 Å². The summed E-state index contributed by atoms with van der Waals surface area (Å²) in [5, 5.41) is 3.20. The minimum Gasteiger partial charge on any atom is -0.490 e. The van der Waals surface area contributed by atoms with Gasteiger partial charge in [-0.1, -0.05) is 6.92 Å². The van der Waals surface area contributed by atoms with Gasteiger partial charge in [-0.05, 0) is 19.6 Å². The van der Waals surface area contributed by atoms with Crippen molar-refractivity contribution in [1.29, 1.82) is 0 Å². The fraction of sp³-hybridized carbons (Fsp3) is 0.692. The number of aromatic nitrogens is 2. The molecule has 0 radical (unpaired) electrons. The van der Waals surface area contributed by atoms with E-state index in [0.29, 0.717) is 11.8 Å². The quantitative estimate of drug-likeness (QED) is 0.791. The van der Waals surface area contributed by atoms with E-state index in [9.17, 15) is 0 Å². The van der Waals surface area contributed by atoms with Crippen LogP contribution in [0.1, 0.15) is 20.3 Å². The van der Waals surface area contributed by atoms with E-state index in [1.165, 1.54) is 0 Å². The monoisotopic (exact) mass is 284 g/mol. The van der Waals surface area contributed by atoms with Crippen molar-refractivity contribution < 1.29 is 4.74 Å². The summed E-state index contributed by atoms with van der Waals surface area (Å²) in [6.07, 6.45) is 4.77. The summed E-state index contributed by atoms with van der Waals surface area (Å²) in [7, 11) is 3.72. The van der Waals surface area contributed by atoms with E-state index < -0.39 is 0 Å². The molecule has 1 rings (SSSR count). The van der Waals surface area contributed by atoms with E-state index in [2.05, 4.69) is 40.4 Å². The molecule has 0 aliphatic rings. The maximum absolute atomic E-state index is 5.49. The number of anilines is 2. The summed E-state index contributed by atoms with van der Waals surface area (Å²) < 4.78 is 5.49. The second-order valence-corrected chi connectivity index (χ2v) is 5.15. The summed E-state index contributed by atoms with van der Waals surface area (Å²) in [5.74, 6) is 3.37. The highest BCUT2D eigenvalue weighted by atomic mass is 32.2. The molecular weight excluding hydrogens is 260 g/mol. The van der Waals surface area contributed by atoms with Crippen LogP contribution in [-0.2, 0) is 0 Å². The van der Waals surface area contributed by atoms with Gasteiger partial charge in [0.15, 0.2) is 11.6 Å². The third-order valence-electron chi connectivity index (χ3n) is 3.05. The van der Waals surface area contributed by atoms with E-state index in [4.69, 9.17) is 4.74 Å². The van der Waals surface area contributed by atoms with Gasteiger partial charge >= 0.3 is 0 Å². The minimum atomic E-state index is 0.438. The lowest BCUT2D eigenvalue weighted by Crippen LogP contribution is -2.34. The predicted octanol–water partition coefficient (Wildman–Crippen LogP) is 2.49. The summed E-state index contributed by atoms with van der Waals surface area (Å²) in [4.78, 5) is 10.8. The molecule has 0 aromatic carbocycles. The van der Waals surface area contributed by atoms with Gasteiger partial charge in [-0.25, -0.2) is 9.97 Å². The molecule has 19 heavy (non-hydrogen) atoms. The van der Waals surface area contributed by atoms with Gasteiger partial charge in [0.1, 0.15) is 6.33 Å². The molecular formula is C13H24N4OS. The van der Waals surface area contributed by atoms with Crippen LogP contribution in [0, 0.1) is 0 Å². The summed E-state index contributed by atoms with van der Waals surface area (Å²) in [6.45, 7) is 5.03. The smallest absolute Gasteiger partial charge is 0.204 e. The van der Waals surface area contributed by atoms with Crippen LogP contribution in [0.4, 0.5) is 11.6 Å². The van der Waals surface area contributed by atoms with Crippen molar-refractivity contribution in [3.05, 3.63) is 6.33 Å². The molecule has 108 valence electrons. The SMILES string of the molecule is CCNc1ncnc(N(C)C(CC)CSC)c1OC. The van der Waals surface area contributed by atoms with Crippen LogP contribution in [0.5, 0.6) is 5.75 Å². The lowest BCUT2D eigenvalue weighted by atomic mass is 10.2. The lowest BCUT2D eigenvalue weighted by molar-refractivity contribution is 0.411. The first-order valence-electron chi connectivity index (χ1n) is 6.54. The van der Waals surface area contributed by atoms with Crippen LogP contribution in [-0.4, -0.2) is 48.7 Å². The Labute approximate surface area is 120 Å². The summed E-state index contributed by atoms with van der Waals surface area (Å²) in [6, 6.07) is 0.438. The fourth-order valence-corrected chi connectivity index (χ4v) is 2.81. The first-order valence-corrected chi connectivity index (χ1v) is 7.93. The molecule has 1 N–H and O–H groups in total. The number of nitrogens with one attached hydrogen (secondary N) is 1.